The number of rotatable bonds is 2. The Labute approximate surface area is 150 Å². The summed E-state index contributed by atoms with van der Waals surface area (Å²) < 4.78 is 77.2. The number of hydrogen-bond acceptors (Lipinski definition) is 1. The van der Waals surface area contributed by atoms with Gasteiger partial charge in [-0.05, 0) is 42.2 Å². The zero-order valence-corrected chi connectivity index (χ0v) is 13.7. The van der Waals surface area contributed by atoms with E-state index in [2.05, 4.69) is 10.6 Å². The molecule has 0 spiro atoms. The van der Waals surface area contributed by atoms with Gasteiger partial charge in [-0.2, -0.15) is 26.3 Å². The fourth-order valence-electron chi connectivity index (χ4n) is 3.06. The van der Waals surface area contributed by atoms with Gasteiger partial charge in [0.25, 0.3) is 0 Å². The summed E-state index contributed by atoms with van der Waals surface area (Å²) in [5.41, 5.74) is -1.63. The van der Waals surface area contributed by atoms with E-state index in [1.54, 1.807) is 6.07 Å². The van der Waals surface area contributed by atoms with E-state index in [-0.39, 0.29) is 12.1 Å². The monoisotopic (exact) mass is 388 g/mol. The molecule has 1 atom stereocenters. The van der Waals surface area contributed by atoms with Gasteiger partial charge in [0, 0.05) is 5.69 Å². The average Bonchev–Trinajstić information content (AvgIpc) is 2.96. The molecule has 0 radical (unpaired) electrons. The minimum atomic E-state index is -4.97. The van der Waals surface area contributed by atoms with Crippen LogP contribution >= 0.6 is 0 Å². The van der Waals surface area contributed by atoms with Crippen LogP contribution in [0.1, 0.15) is 34.7 Å². The van der Waals surface area contributed by atoms with Gasteiger partial charge in [-0.15, -0.1) is 0 Å². The lowest BCUT2D eigenvalue weighted by molar-refractivity contribution is -0.143. The first kappa shape index (κ1) is 19.1. The van der Waals surface area contributed by atoms with Crippen LogP contribution in [-0.2, 0) is 18.8 Å². The zero-order valence-electron chi connectivity index (χ0n) is 13.7. The van der Waals surface area contributed by atoms with Gasteiger partial charge in [-0.1, -0.05) is 24.3 Å². The quantitative estimate of drug-likeness (QED) is 0.653. The summed E-state index contributed by atoms with van der Waals surface area (Å²) in [6.07, 6.45) is -8.62. The van der Waals surface area contributed by atoms with E-state index in [4.69, 9.17) is 0 Å². The standard InChI is InChI=1S/C18H14F6N2O/c19-17(20,21)11-7-12(18(22,23)24)9-13(8-11)25-16(27)26-15-6-5-10-3-1-2-4-14(10)15/h1-4,7-9,15H,5-6H2,(H2,25,26,27)/t15-/m1/s1. The van der Waals surface area contributed by atoms with Gasteiger partial charge in [-0.3, -0.25) is 0 Å². The van der Waals surface area contributed by atoms with E-state index in [9.17, 15) is 31.1 Å². The molecule has 144 valence electrons. The molecule has 0 aliphatic heterocycles. The molecule has 0 aromatic heterocycles. The van der Waals surface area contributed by atoms with Crippen LogP contribution in [0.5, 0.6) is 0 Å². The lowest BCUT2D eigenvalue weighted by Gasteiger charge is -2.17. The molecule has 1 aliphatic carbocycles. The number of amides is 2. The molecule has 2 N–H and O–H groups in total. The summed E-state index contributed by atoms with van der Waals surface area (Å²) in [6.45, 7) is 0. The third kappa shape index (κ3) is 4.35. The number of alkyl halides is 6. The van der Waals surface area contributed by atoms with Gasteiger partial charge < -0.3 is 10.6 Å². The molecule has 9 heteroatoms. The third-order valence-corrected chi connectivity index (χ3v) is 4.28. The molecule has 2 amide bonds. The SMILES string of the molecule is O=C(Nc1cc(C(F)(F)F)cc(C(F)(F)F)c1)N[C@@H]1CCc2ccccc21. The van der Waals surface area contributed by atoms with Crippen molar-refractivity contribution in [3.05, 3.63) is 64.7 Å². The maximum Gasteiger partial charge on any atom is 0.416 e. The van der Waals surface area contributed by atoms with E-state index in [1.165, 1.54) is 0 Å². The Kier molecular flexibility index (Phi) is 4.79. The van der Waals surface area contributed by atoms with Crippen molar-refractivity contribution < 1.29 is 31.1 Å². The van der Waals surface area contributed by atoms with Gasteiger partial charge in [-0.25, -0.2) is 4.79 Å². The molecular weight excluding hydrogens is 374 g/mol. The fourth-order valence-corrected chi connectivity index (χ4v) is 3.06. The van der Waals surface area contributed by atoms with Gasteiger partial charge in [0.2, 0.25) is 0 Å². The van der Waals surface area contributed by atoms with Crippen molar-refractivity contribution in [3.63, 3.8) is 0 Å². The van der Waals surface area contributed by atoms with E-state index in [0.717, 1.165) is 17.5 Å². The molecule has 0 heterocycles. The Hall–Kier alpha value is -2.71. The second-order valence-corrected chi connectivity index (χ2v) is 6.18. The fraction of sp³-hybridized carbons (Fsp3) is 0.278. The van der Waals surface area contributed by atoms with Crippen molar-refractivity contribution in [2.45, 2.75) is 31.2 Å². The molecule has 0 fully saturated rings. The van der Waals surface area contributed by atoms with Crippen molar-refractivity contribution in [1.82, 2.24) is 5.32 Å². The Bertz CT molecular complexity index is 827. The van der Waals surface area contributed by atoms with Gasteiger partial charge in [0.1, 0.15) is 0 Å². The predicted octanol–water partition coefficient (Wildman–Crippen LogP) is 5.53. The van der Waals surface area contributed by atoms with Crippen LogP contribution in [0, 0.1) is 0 Å². The van der Waals surface area contributed by atoms with Crippen LogP contribution in [0.4, 0.5) is 36.8 Å². The molecule has 2 aromatic carbocycles. The number of nitrogens with one attached hydrogen (secondary N) is 2. The molecule has 0 saturated heterocycles. The van der Waals surface area contributed by atoms with E-state index >= 15 is 0 Å². The third-order valence-electron chi connectivity index (χ3n) is 4.28. The van der Waals surface area contributed by atoms with Crippen LogP contribution in [0.25, 0.3) is 0 Å². The number of carbonyl (C=O) groups excluding carboxylic acids is 1. The Balaban J connectivity index is 1.80. The largest absolute Gasteiger partial charge is 0.416 e. The van der Waals surface area contributed by atoms with Crippen molar-refractivity contribution in [2.75, 3.05) is 5.32 Å². The number of anilines is 1. The maximum atomic E-state index is 12.9. The van der Waals surface area contributed by atoms with Crippen molar-refractivity contribution >= 4 is 11.7 Å². The van der Waals surface area contributed by atoms with Crippen LogP contribution in [0.2, 0.25) is 0 Å². The van der Waals surface area contributed by atoms with Crippen molar-refractivity contribution in [2.24, 2.45) is 0 Å². The normalized spacial score (nSPS) is 16.7. The van der Waals surface area contributed by atoms with Crippen LogP contribution < -0.4 is 10.6 Å². The molecule has 0 saturated carbocycles. The summed E-state index contributed by atoms with van der Waals surface area (Å²) in [4.78, 5) is 12.1. The number of carbonyl (C=O) groups is 1. The van der Waals surface area contributed by atoms with Crippen LogP contribution in [0.3, 0.4) is 0 Å². The van der Waals surface area contributed by atoms with Crippen molar-refractivity contribution in [1.29, 1.82) is 0 Å². The summed E-state index contributed by atoms with van der Waals surface area (Å²) in [5.74, 6) is 0. The first-order valence-corrected chi connectivity index (χ1v) is 7.99. The molecule has 3 rings (SSSR count). The minimum absolute atomic E-state index is 0.0102. The highest BCUT2D eigenvalue weighted by Gasteiger charge is 2.37. The van der Waals surface area contributed by atoms with E-state index < -0.39 is 35.2 Å². The molecule has 3 nitrogen and oxygen atoms in total. The van der Waals surface area contributed by atoms with Crippen LogP contribution in [0.15, 0.2) is 42.5 Å². The maximum absolute atomic E-state index is 12.9. The first-order valence-electron chi connectivity index (χ1n) is 7.99. The number of benzene rings is 2. The Morgan fingerprint density at radius 3 is 2.11 bits per heavy atom. The van der Waals surface area contributed by atoms with Gasteiger partial charge >= 0.3 is 18.4 Å². The zero-order chi connectivity index (χ0) is 19.8. The minimum Gasteiger partial charge on any atom is -0.331 e. The second kappa shape index (κ2) is 6.79. The number of hydrogen-bond donors (Lipinski definition) is 2. The summed E-state index contributed by atoms with van der Waals surface area (Å²) in [5, 5.41) is 4.66. The Morgan fingerprint density at radius 2 is 1.52 bits per heavy atom. The summed E-state index contributed by atoms with van der Waals surface area (Å²) >= 11 is 0. The first-order chi connectivity index (χ1) is 12.5. The van der Waals surface area contributed by atoms with Gasteiger partial charge in [0.15, 0.2) is 0 Å². The van der Waals surface area contributed by atoms with E-state index in [0.29, 0.717) is 18.6 Å². The lowest BCUT2D eigenvalue weighted by atomic mass is 10.1. The molecule has 0 bridgehead atoms. The topological polar surface area (TPSA) is 41.1 Å². The summed E-state index contributed by atoms with van der Waals surface area (Å²) in [7, 11) is 0. The van der Waals surface area contributed by atoms with Gasteiger partial charge in [0.05, 0.1) is 17.2 Å². The molecular formula is C18H14F6N2O. The highest BCUT2D eigenvalue weighted by molar-refractivity contribution is 5.89. The molecule has 0 unspecified atom stereocenters. The lowest BCUT2D eigenvalue weighted by Crippen LogP contribution is -2.31. The molecule has 2 aromatic rings. The second-order valence-electron chi connectivity index (χ2n) is 6.18. The van der Waals surface area contributed by atoms with Crippen LogP contribution in [-0.4, -0.2) is 6.03 Å². The number of halogens is 6. The average molecular weight is 388 g/mol. The summed E-state index contributed by atoms with van der Waals surface area (Å²) in [6, 6.07) is 7.09. The number of urea groups is 1. The molecule has 1 aliphatic rings. The highest BCUT2D eigenvalue weighted by Crippen LogP contribution is 2.37. The van der Waals surface area contributed by atoms with E-state index in [1.807, 2.05) is 18.2 Å². The smallest absolute Gasteiger partial charge is 0.331 e. The number of fused-ring (bicyclic) bond motifs is 1. The predicted molar refractivity (Wildman–Crippen MR) is 86.1 cm³/mol. The number of aryl methyl sites for hydroxylation is 1. The van der Waals surface area contributed by atoms with Crippen molar-refractivity contribution in [3.8, 4) is 0 Å². The Morgan fingerprint density at radius 1 is 0.926 bits per heavy atom. The highest BCUT2D eigenvalue weighted by atomic mass is 19.4. The molecule has 27 heavy (non-hydrogen) atoms.